The minimum Gasteiger partial charge on any atom is -0.454 e. The van der Waals surface area contributed by atoms with Crippen LogP contribution in [0.4, 0.5) is 0 Å². The molecular weight excluding hydrogens is 332 g/mol. The Morgan fingerprint density at radius 3 is 2.58 bits per heavy atom. The van der Waals surface area contributed by atoms with Gasteiger partial charge in [0.25, 0.3) is 11.8 Å². The van der Waals surface area contributed by atoms with Crippen LogP contribution in [-0.4, -0.2) is 48.4 Å². The number of hydrogen-bond acceptors (Lipinski definition) is 4. The van der Waals surface area contributed by atoms with Crippen LogP contribution in [0.25, 0.3) is 0 Å². The van der Waals surface area contributed by atoms with E-state index in [0.29, 0.717) is 17.5 Å². The number of amides is 2. The lowest BCUT2D eigenvalue weighted by Gasteiger charge is -2.44. The van der Waals surface area contributed by atoms with Gasteiger partial charge in [0, 0.05) is 18.2 Å². The first kappa shape index (κ1) is 18.4. The monoisotopic (exact) mass is 358 g/mol. The van der Waals surface area contributed by atoms with Crippen molar-refractivity contribution in [2.75, 3.05) is 19.7 Å². The quantitative estimate of drug-likeness (QED) is 0.818. The highest BCUT2D eigenvalue weighted by Crippen LogP contribution is 2.35. The molecule has 1 aliphatic heterocycles. The van der Waals surface area contributed by atoms with Gasteiger partial charge in [-0.1, -0.05) is 31.0 Å². The van der Waals surface area contributed by atoms with E-state index < -0.39 is 5.97 Å². The maximum atomic E-state index is 12.5. The summed E-state index contributed by atoms with van der Waals surface area (Å²) < 4.78 is 5.08. The van der Waals surface area contributed by atoms with E-state index in [1.54, 1.807) is 24.3 Å². The SMILES string of the molecule is O=C(CNC(=O)c1ccccc1)OCC(=O)N1CCC[C@H]2CCCC[C@H]21. The molecule has 2 amide bonds. The van der Waals surface area contributed by atoms with Crippen LogP contribution in [-0.2, 0) is 14.3 Å². The zero-order valence-corrected chi connectivity index (χ0v) is 15.0. The number of likely N-dealkylation sites (tertiary alicyclic amines) is 1. The molecule has 2 aliphatic rings. The van der Waals surface area contributed by atoms with Gasteiger partial charge in [0.05, 0.1) is 0 Å². The van der Waals surface area contributed by atoms with Crippen molar-refractivity contribution < 1.29 is 19.1 Å². The second kappa shape index (κ2) is 8.83. The zero-order valence-electron chi connectivity index (χ0n) is 15.0. The number of rotatable bonds is 5. The fourth-order valence-corrected chi connectivity index (χ4v) is 4.05. The Bertz CT molecular complexity index is 644. The molecule has 2 atom stereocenters. The number of carbonyl (C=O) groups excluding carboxylic acids is 3. The van der Waals surface area contributed by atoms with Crippen LogP contribution in [0, 0.1) is 5.92 Å². The van der Waals surface area contributed by atoms with E-state index in [2.05, 4.69) is 5.32 Å². The van der Waals surface area contributed by atoms with E-state index in [0.717, 1.165) is 25.8 Å². The van der Waals surface area contributed by atoms with Gasteiger partial charge in [-0.3, -0.25) is 14.4 Å². The van der Waals surface area contributed by atoms with Crippen LogP contribution in [0.2, 0.25) is 0 Å². The summed E-state index contributed by atoms with van der Waals surface area (Å²) in [6, 6.07) is 8.96. The molecule has 1 heterocycles. The topological polar surface area (TPSA) is 75.7 Å². The molecule has 1 saturated heterocycles. The van der Waals surface area contributed by atoms with Crippen LogP contribution < -0.4 is 5.32 Å². The number of fused-ring (bicyclic) bond motifs is 1. The minimum absolute atomic E-state index is 0.121. The van der Waals surface area contributed by atoms with Gasteiger partial charge in [-0.25, -0.2) is 0 Å². The number of nitrogens with one attached hydrogen (secondary N) is 1. The zero-order chi connectivity index (χ0) is 18.4. The first-order valence-corrected chi connectivity index (χ1v) is 9.43. The molecule has 2 fully saturated rings. The Morgan fingerprint density at radius 2 is 1.77 bits per heavy atom. The third-order valence-electron chi connectivity index (χ3n) is 5.35. The lowest BCUT2D eigenvalue weighted by Crippen LogP contribution is -2.51. The molecule has 1 aromatic rings. The van der Waals surface area contributed by atoms with Gasteiger partial charge in [-0.15, -0.1) is 0 Å². The molecular formula is C20H26N2O4. The summed E-state index contributed by atoms with van der Waals surface area (Å²) in [6.45, 7) is 0.263. The Hall–Kier alpha value is -2.37. The summed E-state index contributed by atoms with van der Waals surface area (Å²) in [6.07, 6.45) is 6.88. The van der Waals surface area contributed by atoms with Crippen LogP contribution in [0.3, 0.4) is 0 Å². The summed E-state index contributed by atoms with van der Waals surface area (Å²) in [5.74, 6) is -0.457. The normalized spacial score (nSPS) is 22.2. The summed E-state index contributed by atoms with van der Waals surface area (Å²) in [5.41, 5.74) is 0.480. The Balaban J connectivity index is 1.42. The Labute approximate surface area is 153 Å². The number of esters is 1. The maximum Gasteiger partial charge on any atom is 0.325 e. The molecule has 1 aliphatic carbocycles. The molecule has 1 saturated carbocycles. The third kappa shape index (κ3) is 4.62. The molecule has 6 nitrogen and oxygen atoms in total. The Kier molecular flexibility index (Phi) is 6.26. The molecule has 6 heteroatoms. The molecule has 3 rings (SSSR count). The molecule has 0 aromatic heterocycles. The van der Waals surface area contributed by atoms with E-state index in [1.165, 1.54) is 19.3 Å². The summed E-state index contributed by atoms with van der Waals surface area (Å²) in [4.78, 5) is 38.1. The van der Waals surface area contributed by atoms with Crippen LogP contribution in [0.15, 0.2) is 30.3 Å². The summed E-state index contributed by atoms with van der Waals surface area (Å²) >= 11 is 0. The molecule has 0 spiro atoms. The number of nitrogens with zero attached hydrogens (tertiary/aromatic N) is 1. The van der Waals surface area contributed by atoms with Crippen molar-refractivity contribution in [1.29, 1.82) is 0 Å². The summed E-state index contributed by atoms with van der Waals surface area (Å²) in [7, 11) is 0. The van der Waals surface area contributed by atoms with Crippen molar-refractivity contribution in [3.63, 3.8) is 0 Å². The highest BCUT2D eigenvalue weighted by atomic mass is 16.5. The van der Waals surface area contributed by atoms with Gasteiger partial charge >= 0.3 is 5.97 Å². The van der Waals surface area contributed by atoms with Crippen molar-refractivity contribution in [3.8, 4) is 0 Å². The lowest BCUT2D eigenvalue weighted by molar-refractivity contribution is -0.154. The van der Waals surface area contributed by atoms with Crippen LogP contribution in [0.1, 0.15) is 48.9 Å². The van der Waals surface area contributed by atoms with Crippen molar-refractivity contribution in [2.45, 2.75) is 44.6 Å². The standard InChI is InChI=1S/C20H26N2O4/c23-18(22-12-6-10-15-7-4-5-11-17(15)22)14-26-19(24)13-21-20(25)16-8-2-1-3-9-16/h1-3,8-9,15,17H,4-7,10-14H2,(H,21,25)/t15-,17-/m1/s1. The second-order valence-electron chi connectivity index (χ2n) is 7.05. The number of hydrogen-bond donors (Lipinski definition) is 1. The first-order chi connectivity index (χ1) is 12.6. The average Bonchev–Trinajstić information content (AvgIpc) is 2.70. The number of benzene rings is 1. The van der Waals surface area contributed by atoms with Gasteiger partial charge in [-0.05, 0) is 43.7 Å². The van der Waals surface area contributed by atoms with Gasteiger partial charge in [-0.2, -0.15) is 0 Å². The van der Waals surface area contributed by atoms with Gasteiger partial charge < -0.3 is 15.0 Å². The molecule has 1 aromatic carbocycles. The fraction of sp³-hybridized carbons (Fsp3) is 0.550. The number of piperidine rings is 1. The predicted octanol–water partition coefficient (Wildman–Crippen LogP) is 2.14. The largest absolute Gasteiger partial charge is 0.454 e. The number of carbonyl (C=O) groups is 3. The predicted molar refractivity (Wildman–Crippen MR) is 96.4 cm³/mol. The maximum absolute atomic E-state index is 12.5. The van der Waals surface area contributed by atoms with Crippen LogP contribution >= 0.6 is 0 Å². The highest BCUT2D eigenvalue weighted by Gasteiger charge is 2.35. The average molecular weight is 358 g/mol. The highest BCUT2D eigenvalue weighted by molar-refractivity contribution is 5.96. The molecule has 140 valence electrons. The van der Waals surface area contributed by atoms with Crippen molar-refractivity contribution in [2.24, 2.45) is 5.92 Å². The second-order valence-corrected chi connectivity index (χ2v) is 7.05. The van der Waals surface area contributed by atoms with E-state index >= 15 is 0 Å². The minimum atomic E-state index is -0.597. The van der Waals surface area contributed by atoms with E-state index in [9.17, 15) is 14.4 Å². The Morgan fingerprint density at radius 1 is 1.04 bits per heavy atom. The molecule has 0 unspecified atom stereocenters. The van der Waals surface area contributed by atoms with E-state index in [1.807, 2.05) is 11.0 Å². The van der Waals surface area contributed by atoms with Gasteiger partial charge in [0.15, 0.2) is 6.61 Å². The first-order valence-electron chi connectivity index (χ1n) is 9.43. The van der Waals surface area contributed by atoms with E-state index in [4.69, 9.17) is 4.74 Å². The fourth-order valence-electron chi connectivity index (χ4n) is 4.05. The smallest absolute Gasteiger partial charge is 0.325 e. The molecule has 0 bridgehead atoms. The van der Waals surface area contributed by atoms with Gasteiger partial charge in [0.1, 0.15) is 6.54 Å². The van der Waals surface area contributed by atoms with Crippen molar-refractivity contribution >= 4 is 17.8 Å². The number of ether oxygens (including phenoxy) is 1. The molecule has 26 heavy (non-hydrogen) atoms. The van der Waals surface area contributed by atoms with Crippen LogP contribution in [0.5, 0.6) is 0 Å². The van der Waals surface area contributed by atoms with Gasteiger partial charge in [0.2, 0.25) is 0 Å². The van der Waals surface area contributed by atoms with Crippen molar-refractivity contribution in [3.05, 3.63) is 35.9 Å². The molecule has 1 N–H and O–H groups in total. The molecule has 0 radical (unpaired) electrons. The van der Waals surface area contributed by atoms with E-state index in [-0.39, 0.29) is 25.0 Å². The summed E-state index contributed by atoms with van der Waals surface area (Å²) in [5, 5.41) is 2.51. The van der Waals surface area contributed by atoms with Crippen molar-refractivity contribution in [1.82, 2.24) is 10.2 Å². The lowest BCUT2D eigenvalue weighted by atomic mass is 9.78. The third-order valence-corrected chi connectivity index (χ3v) is 5.35.